The summed E-state index contributed by atoms with van der Waals surface area (Å²) in [6.07, 6.45) is 2.78. The molecule has 0 radical (unpaired) electrons. The fourth-order valence-electron chi connectivity index (χ4n) is 0.641. The molecular weight excluding hydrogens is 186 g/mol. The highest BCUT2D eigenvalue weighted by atomic mass is 35.5. The van der Waals surface area contributed by atoms with E-state index in [2.05, 4.69) is 4.72 Å². The van der Waals surface area contributed by atoms with Gasteiger partial charge in [-0.2, -0.15) is 0 Å². The van der Waals surface area contributed by atoms with Crippen molar-refractivity contribution in [1.29, 1.82) is 0 Å². The predicted octanol–water partition coefficient (Wildman–Crippen LogP) is 0.943. The van der Waals surface area contributed by atoms with Gasteiger partial charge in [-0.05, 0) is 19.8 Å². The lowest BCUT2D eigenvalue weighted by Gasteiger charge is -2.02. The van der Waals surface area contributed by atoms with Crippen LogP contribution >= 0.6 is 11.6 Å². The zero-order valence-corrected chi connectivity index (χ0v) is 8.37. The first kappa shape index (κ1) is 11.2. The van der Waals surface area contributed by atoms with Gasteiger partial charge >= 0.3 is 0 Å². The number of halogens is 1. The van der Waals surface area contributed by atoms with E-state index in [9.17, 15) is 8.42 Å². The Kier molecular flexibility index (Phi) is 5.04. The number of alkyl halides is 1. The molecule has 0 rings (SSSR count). The topological polar surface area (TPSA) is 46.2 Å². The zero-order valence-electron chi connectivity index (χ0n) is 6.80. The Morgan fingerprint density at radius 3 is 2.45 bits per heavy atom. The standard InChI is InChI=1S/C6H14ClNO2S/c1-6(7)4-3-5-8-11(2,9)10/h6,8H,3-5H2,1-2H3. The minimum Gasteiger partial charge on any atom is -0.215 e. The molecule has 1 atom stereocenters. The molecule has 0 aromatic heterocycles. The Morgan fingerprint density at radius 2 is 2.09 bits per heavy atom. The van der Waals surface area contributed by atoms with E-state index in [0.29, 0.717) is 6.54 Å². The molecule has 1 N–H and O–H groups in total. The van der Waals surface area contributed by atoms with Gasteiger partial charge in [0.2, 0.25) is 10.0 Å². The van der Waals surface area contributed by atoms with Crippen LogP contribution in [0.1, 0.15) is 19.8 Å². The summed E-state index contributed by atoms with van der Waals surface area (Å²) in [7, 11) is -3.02. The lowest BCUT2D eigenvalue weighted by molar-refractivity contribution is 0.582. The Labute approximate surface area is 73.2 Å². The first-order chi connectivity index (χ1) is 4.92. The second-order valence-corrected chi connectivity index (χ2v) is 5.17. The van der Waals surface area contributed by atoms with Crippen LogP contribution in [-0.2, 0) is 10.0 Å². The molecule has 11 heavy (non-hydrogen) atoms. The molecule has 0 saturated heterocycles. The summed E-state index contributed by atoms with van der Waals surface area (Å²) < 4.78 is 23.5. The molecular formula is C6H14ClNO2S. The molecule has 0 aliphatic heterocycles. The molecule has 68 valence electrons. The van der Waals surface area contributed by atoms with Gasteiger partial charge < -0.3 is 0 Å². The van der Waals surface area contributed by atoms with Gasteiger partial charge in [0.1, 0.15) is 0 Å². The maximum atomic E-state index is 10.5. The molecule has 1 unspecified atom stereocenters. The Morgan fingerprint density at radius 1 is 1.55 bits per heavy atom. The fraction of sp³-hybridized carbons (Fsp3) is 1.00. The summed E-state index contributed by atoms with van der Waals surface area (Å²) in [5.41, 5.74) is 0. The van der Waals surface area contributed by atoms with E-state index in [1.165, 1.54) is 0 Å². The largest absolute Gasteiger partial charge is 0.215 e. The molecule has 0 saturated carbocycles. The number of sulfonamides is 1. The minimum absolute atomic E-state index is 0.122. The van der Waals surface area contributed by atoms with Crippen LogP contribution in [0.2, 0.25) is 0 Å². The van der Waals surface area contributed by atoms with Crippen LogP contribution in [0.3, 0.4) is 0 Å². The van der Waals surface area contributed by atoms with E-state index in [1.54, 1.807) is 0 Å². The van der Waals surface area contributed by atoms with Crippen LogP contribution < -0.4 is 4.72 Å². The number of rotatable bonds is 5. The normalized spacial score (nSPS) is 14.8. The molecule has 0 aromatic carbocycles. The second-order valence-electron chi connectivity index (χ2n) is 2.59. The average Bonchev–Trinajstić information content (AvgIpc) is 1.78. The molecule has 0 heterocycles. The summed E-state index contributed by atoms with van der Waals surface area (Å²) >= 11 is 5.65. The smallest absolute Gasteiger partial charge is 0.208 e. The van der Waals surface area contributed by atoms with Gasteiger partial charge in [0.15, 0.2) is 0 Å². The summed E-state index contributed by atoms with van der Waals surface area (Å²) in [6.45, 7) is 2.37. The summed E-state index contributed by atoms with van der Waals surface area (Å²) in [5, 5.41) is 0.122. The lowest BCUT2D eigenvalue weighted by Crippen LogP contribution is -2.23. The average molecular weight is 200 g/mol. The van der Waals surface area contributed by atoms with Gasteiger partial charge in [-0.1, -0.05) is 0 Å². The Balaban J connectivity index is 3.30. The van der Waals surface area contributed by atoms with Gasteiger partial charge in [-0.25, -0.2) is 13.1 Å². The van der Waals surface area contributed by atoms with Crippen LogP contribution in [-0.4, -0.2) is 26.6 Å². The maximum absolute atomic E-state index is 10.5. The van der Waals surface area contributed by atoms with Crippen molar-refractivity contribution in [1.82, 2.24) is 4.72 Å². The molecule has 0 fully saturated rings. The van der Waals surface area contributed by atoms with Gasteiger partial charge in [-0.15, -0.1) is 11.6 Å². The highest BCUT2D eigenvalue weighted by molar-refractivity contribution is 7.88. The lowest BCUT2D eigenvalue weighted by atomic mass is 10.2. The third-order valence-corrected chi connectivity index (χ3v) is 2.09. The van der Waals surface area contributed by atoms with E-state index in [4.69, 9.17) is 11.6 Å². The molecule has 3 nitrogen and oxygen atoms in total. The molecule has 5 heteroatoms. The zero-order chi connectivity index (χ0) is 8.91. The molecule has 0 spiro atoms. The SMILES string of the molecule is CC(Cl)CCCNS(C)(=O)=O. The van der Waals surface area contributed by atoms with Crippen molar-refractivity contribution in [2.24, 2.45) is 0 Å². The third kappa shape index (κ3) is 10.2. The van der Waals surface area contributed by atoms with Crippen molar-refractivity contribution in [3.05, 3.63) is 0 Å². The molecule has 0 aliphatic carbocycles. The highest BCUT2D eigenvalue weighted by Crippen LogP contribution is 2.02. The van der Waals surface area contributed by atoms with Crippen molar-refractivity contribution in [2.45, 2.75) is 25.1 Å². The van der Waals surface area contributed by atoms with E-state index >= 15 is 0 Å². The Hall–Kier alpha value is 0.200. The number of hydrogen-bond acceptors (Lipinski definition) is 2. The summed E-state index contributed by atoms with van der Waals surface area (Å²) in [5.74, 6) is 0. The predicted molar refractivity (Wildman–Crippen MR) is 47.4 cm³/mol. The van der Waals surface area contributed by atoms with Gasteiger partial charge in [0.05, 0.1) is 6.26 Å². The van der Waals surface area contributed by atoms with Crippen molar-refractivity contribution in [2.75, 3.05) is 12.8 Å². The first-order valence-corrected chi connectivity index (χ1v) is 5.83. The maximum Gasteiger partial charge on any atom is 0.208 e. The first-order valence-electron chi connectivity index (χ1n) is 3.50. The van der Waals surface area contributed by atoms with Crippen molar-refractivity contribution >= 4 is 21.6 Å². The molecule has 0 amide bonds. The van der Waals surface area contributed by atoms with Gasteiger partial charge in [0, 0.05) is 11.9 Å². The molecule has 0 bridgehead atoms. The molecule has 0 aromatic rings. The van der Waals surface area contributed by atoms with Crippen LogP contribution in [0.25, 0.3) is 0 Å². The molecule has 0 aliphatic rings. The van der Waals surface area contributed by atoms with Crippen molar-refractivity contribution in [3.8, 4) is 0 Å². The minimum atomic E-state index is -3.02. The second kappa shape index (κ2) is 4.95. The van der Waals surface area contributed by atoms with Crippen molar-refractivity contribution < 1.29 is 8.42 Å². The van der Waals surface area contributed by atoms with Crippen LogP contribution in [0, 0.1) is 0 Å². The summed E-state index contributed by atoms with van der Waals surface area (Å²) in [6, 6.07) is 0. The van der Waals surface area contributed by atoms with Crippen LogP contribution in [0.5, 0.6) is 0 Å². The quantitative estimate of drug-likeness (QED) is 0.529. The van der Waals surface area contributed by atoms with Gasteiger partial charge in [0.25, 0.3) is 0 Å². The monoisotopic (exact) mass is 199 g/mol. The Bertz CT molecular complexity index is 189. The van der Waals surface area contributed by atoms with E-state index < -0.39 is 10.0 Å². The number of nitrogens with one attached hydrogen (secondary N) is 1. The van der Waals surface area contributed by atoms with E-state index in [1.807, 2.05) is 6.92 Å². The summed E-state index contributed by atoms with van der Waals surface area (Å²) in [4.78, 5) is 0. The number of hydrogen-bond donors (Lipinski definition) is 1. The fourth-order valence-corrected chi connectivity index (χ4v) is 1.31. The third-order valence-electron chi connectivity index (χ3n) is 1.14. The van der Waals surface area contributed by atoms with Crippen molar-refractivity contribution in [3.63, 3.8) is 0 Å². The van der Waals surface area contributed by atoms with E-state index in [-0.39, 0.29) is 5.38 Å². The van der Waals surface area contributed by atoms with Crippen LogP contribution in [0.4, 0.5) is 0 Å². The highest BCUT2D eigenvalue weighted by Gasteiger charge is 2.00. The van der Waals surface area contributed by atoms with Gasteiger partial charge in [-0.3, -0.25) is 0 Å². The van der Waals surface area contributed by atoms with E-state index in [0.717, 1.165) is 19.1 Å². The van der Waals surface area contributed by atoms with Crippen LogP contribution in [0.15, 0.2) is 0 Å².